The predicted molar refractivity (Wildman–Crippen MR) is 84.9 cm³/mol. The number of nitrogens with one attached hydrogen (secondary N) is 1. The standard InChI is InChI=1S/C18H21NO2/c1-13(2)19-17(18(20)21-3)16-11-9-15(10-12-16)14-7-5-4-6-8-14/h4-13,17,19H,1-3H3. The summed E-state index contributed by atoms with van der Waals surface area (Å²) in [6.07, 6.45) is 0. The van der Waals surface area contributed by atoms with E-state index in [2.05, 4.69) is 17.4 Å². The summed E-state index contributed by atoms with van der Waals surface area (Å²) in [6, 6.07) is 17.9. The van der Waals surface area contributed by atoms with Gasteiger partial charge in [0.25, 0.3) is 0 Å². The average molecular weight is 283 g/mol. The molecule has 0 aromatic heterocycles. The van der Waals surface area contributed by atoms with Crippen molar-refractivity contribution in [3.63, 3.8) is 0 Å². The molecule has 0 saturated heterocycles. The van der Waals surface area contributed by atoms with Crippen LogP contribution in [-0.2, 0) is 9.53 Å². The van der Waals surface area contributed by atoms with E-state index in [1.165, 1.54) is 7.11 Å². The van der Waals surface area contributed by atoms with Crippen molar-refractivity contribution in [2.45, 2.75) is 25.9 Å². The van der Waals surface area contributed by atoms with Crippen LogP contribution in [0.3, 0.4) is 0 Å². The molecule has 21 heavy (non-hydrogen) atoms. The first-order valence-corrected chi connectivity index (χ1v) is 7.11. The van der Waals surface area contributed by atoms with Gasteiger partial charge in [0.05, 0.1) is 7.11 Å². The van der Waals surface area contributed by atoms with Gasteiger partial charge in [0.15, 0.2) is 0 Å². The SMILES string of the molecule is COC(=O)C(NC(C)C)c1ccc(-c2ccccc2)cc1. The molecule has 3 heteroatoms. The Balaban J connectivity index is 2.25. The zero-order chi connectivity index (χ0) is 15.2. The Bertz CT molecular complexity index is 576. The molecule has 0 fully saturated rings. The van der Waals surface area contributed by atoms with Crippen LogP contribution in [0.4, 0.5) is 0 Å². The third-order valence-corrected chi connectivity index (χ3v) is 3.29. The first-order chi connectivity index (χ1) is 10.1. The fourth-order valence-corrected chi connectivity index (χ4v) is 2.25. The van der Waals surface area contributed by atoms with Gasteiger partial charge < -0.3 is 4.74 Å². The predicted octanol–water partition coefficient (Wildman–Crippen LogP) is 3.57. The minimum atomic E-state index is -0.431. The van der Waals surface area contributed by atoms with E-state index in [1.54, 1.807) is 0 Å². The van der Waals surface area contributed by atoms with E-state index in [1.807, 2.05) is 56.3 Å². The van der Waals surface area contributed by atoms with E-state index in [9.17, 15) is 4.79 Å². The molecule has 2 aromatic rings. The second-order valence-electron chi connectivity index (χ2n) is 5.27. The quantitative estimate of drug-likeness (QED) is 0.853. The molecule has 1 N–H and O–H groups in total. The Morgan fingerprint density at radius 2 is 1.52 bits per heavy atom. The van der Waals surface area contributed by atoms with E-state index >= 15 is 0 Å². The van der Waals surface area contributed by atoms with Crippen LogP contribution < -0.4 is 5.32 Å². The monoisotopic (exact) mass is 283 g/mol. The molecule has 1 unspecified atom stereocenters. The fraction of sp³-hybridized carbons (Fsp3) is 0.278. The maximum Gasteiger partial charge on any atom is 0.327 e. The van der Waals surface area contributed by atoms with Crippen molar-refractivity contribution in [2.24, 2.45) is 0 Å². The van der Waals surface area contributed by atoms with Crippen LogP contribution >= 0.6 is 0 Å². The van der Waals surface area contributed by atoms with Crippen LogP contribution in [-0.4, -0.2) is 19.1 Å². The maximum absolute atomic E-state index is 11.9. The molecule has 0 aliphatic carbocycles. The molecule has 2 aromatic carbocycles. The molecule has 0 radical (unpaired) electrons. The molecule has 0 heterocycles. The van der Waals surface area contributed by atoms with E-state index in [0.717, 1.165) is 16.7 Å². The minimum absolute atomic E-state index is 0.197. The first-order valence-electron chi connectivity index (χ1n) is 7.11. The molecule has 3 nitrogen and oxygen atoms in total. The summed E-state index contributed by atoms with van der Waals surface area (Å²) in [5.41, 5.74) is 3.21. The molecule has 1 atom stereocenters. The lowest BCUT2D eigenvalue weighted by atomic mass is 10.0. The van der Waals surface area contributed by atoms with E-state index in [4.69, 9.17) is 4.74 Å². The van der Waals surface area contributed by atoms with Gasteiger partial charge in [0, 0.05) is 6.04 Å². The summed E-state index contributed by atoms with van der Waals surface area (Å²) >= 11 is 0. The van der Waals surface area contributed by atoms with Gasteiger partial charge in [0.2, 0.25) is 0 Å². The molecule has 0 saturated carbocycles. The molecular formula is C18H21NO2. The minimum Gasteiger partial charge on any atom is -0.468 e. The Morgan fingerprint density at radius 3 is 2.05 bits per heavy atom. The lowest BCUT2D eigenvalue weighted by molar-refractivity contribution is -0.143. The van der Waals surface area contributed by atoms with Crippen LogP contribution in [0.2, 0.25) is 0 Å². The summed E-state index contributed by atoms with van der Waals surface area (Å²) in [5, 5.41) is 3.23. The molecular weight excluding hydrogens is 262 g/mol. The van der Waals surface area contributed by atoms with Crippen LogP contribution in [0, 0.1) is 0 Å². The number of esters is 1. The lowest BCUT2D eigenvalue weighted by Crippen LogP contribution is -2.34. The number of benzene rings is 2. The van der Waals surface area contributed by atoms with Gasteiger partial charge in [-0.15, -0.1) is 0 Å². The number of hydrogen-bond acceptors (Lipinski definition) is 3. The van der Waals surface area contributed by atoms with Crippen LogP contribution in [0.25, 0.3) is 11.1 Å². The second kappa shape index (κ2) is 7.04. The van der Waals surface area contributed by atoms with Crippen LogP contribution in [0.5, 0.6) is 0 Å². The van der Waals surface area contributed by atoms with Crippen LogP contribution in [0.15, 0.2) is 54.6 Å². The number of carbonyl (C=O) groups excluding carboxylic acids is 1. The van der Waals surface area contributed by atoms with Crippen molar-refractivity contribution in [3.05, 3.63) is 60.2 Å². The van der Waals surface area contributed by atoms with E-state index in [-0.39, 0.29) is 12.0 Å². The molecule has 0 aliphatic heterocycles. The Hall–Kier alpha value is -2.13. The topological polar surface area (TPSA) is 38.3 Å². The Kier molecular flexibility index (Phi) is 5.12. The van der Waals surface area contributed by atoms with Crippen molar-refractivity contribution in [2.75, 3.05) is 7.11 Å². The normalized spacial score (nSPS) is 12.2. The zero-order valence-electron chi connectivity index (χ0n) is 12.7. The third-order valence-electron chi connectivity index (χ3n) is 3.29. The van der Waals surface area contributed by atoms with Crippen molar-refractivity contribution in [3.8, 4) is 11.1 Å². The fourth-order valence-electron chi connectivity index (χ4n) is 2.25. The van der Waals surface area contributed by atoms with E-state index < -0.39 is 6.04 Å². The van der Waals surface area contributed by atoms with Gasteiger partial charge in [-0.25, -0.2) is 4.79 Å². The first kappa shape index (κ1) is 15.3. The molecule has 2 rings (SSSR count). The highest BCUT2D eigenvalue weighted by atomic mass is 16.5. The summed E-state index contributed by atoms with van der Waals surface area (Å²) < 4.78 is 4.88. The van der Waals surface area contributed by atoms with Crippen molar-refractivity contribution in [1.82, 2.24) is 5.32 Å². The number of rotatable bonds is 5. The van der Waals surface area contributed by atoms with Gasteiger partial charge in [0.1, 0.15) is 6.04 Å². The highest BCUT2D eigenvalue weighted by molar-refractivity contribution is 5.78. The highest BCUT2D eigenvalue weighted by Crippen LogP contribution is 2.22. The molecule has 0 amide bonds. The molecule has 0 bridgehead atoms. The van der Waals surface area contributed by atoms with Gasteiger partial charge >= 0.3 is 5.97 Å². The number of ether oxygens (including phenoxy) is 1. The Labute approximate surface area is 126 Å². The largest absolute Gasteiger partial charge is 0.468 e. The second-order valence-corrected chi connectivity index (χ2v) is 5.27. The third kappa shape index (κ3) is 3.92. The van der Waals surface area contributed by atoms with Gasteiger partial charge in [-0.2, -0.15) is 0 Å². The lowest BCUT2D eigenvalue weighted by Gasteiger charge is -2.19. The number of carbonyl (C=O) groups is 1. The molecule has 0 aliphatic rings. The summed E-state index contributed by atoms with van der Waals surface area (Å²) in [6.45, 7) is 4.02. The molecule has 110 valence electrons. The summed E-state index contributed by atoms with van der Waals surface area (Å²) in [7, 11) is 1.41. The Morgan fingerprint density at radius 1 is 0.952 bits per heavy atom. The summed E-state index contributed by atoms with van der Waals surface area (Å²) in [5.74, 6) is -0.267. The van der Waals surface area contributed by atoms with Gasteiger partial charge in [-0.05, 0) is 30.5 Å². The highest BCUT2D eigenvalue weighted by Gasteiger charge is 2.21. The smallest absolute Gasteiger partial charge is 0.327 e. The average Bonchev–Trinajstić information content (AvgIpc) is 2.53. The summed E-state index contributed by atoms with van der Waals surface area (Å²) in [4.78, 5) is 11.9. The number of hydrogen-bond donors (Lipinski definition) is 1. The van der Waals surface area contributed by atoms with Crippen LogP contribution in [0.1, 0.15) is 25.5 Å². The van der Waals surface area contributed by atoms with E-state index in [0.29, 0.717) is 0 Å². The van der Waals surface area contributed by atoms with Gasteiger partial charge in [-0.1, -0.05) is 54.6 Å². The van der Waals surface area contributed by atoms with Gasteiger partial charge in [-0.3, -0.25) is 5.32 Å². The maximum atomic E-state index is 11.9. The zero-order valence-corrected chi connectivity index (χ0v) is 12.7. The molecule has 0 spiro atoms. The van der Waals surface area contributed by atoms with Crippen molar-refractivity contribution < 1.29 is 9.53 Å². The van der Waals surface area contributed by atoms with Crippen molar-refractivity contribution >= 4 is 5.97 Å². The van der Waals surface area contributed by atoms with Crippen molar-refractivity contribution in [1.29, 1.82) is 0 Å². The number of methoxy groups -OCH3 is 1.